The van der Waals surface area contributed by atoms with Crippen molar-refractivity contribution in [3.05, 3.63) is 23.8 Å². The Morgan fingerprint density at radius 3 is 3.24 bits per heavy atom. The summed E-state index contributed by atoms with van der Waals surface area (Å²) in [6.07, 6.45) is 10.4. The predicted molar refractivity (Wildman–Crippen MR) is 59.9 cm³/mol. The van der Waals surface area contributed by atoms with E-state index in [9.17, 15) is 4.79 Å². The number of ether oxygens (including phenoxy) is 1. The zero-order chi connectivity index (χ0) is 11.7. The van der Waals surface area contributed by atoms with E-state index in [0.29, 0.717) is 0 Å². The van der Waals surface area contributed by atoms with Crippen LogP contribution in [0.3, 0.4) is 0 Å². The average molecular weight is 233 g/mol. The van der Waals surface area contributed by atoms with Gasteiger partial charge in [0.1, 0.15) is 0 Å². The van der Waals surface area contributed by atoms with Crippen LogP contribution in [0.15, 0.2) is 23.8 Å². The predicted octanol–water partition coefficient (Wildman–Crippen LogP) is 1.34. The number of nitrogens with zero attached hydrogens (tertiary/aromatic N) is 1. The van der Waals surface area contributed by atoms with Crippen molar-refractivity contribution in [2.24, 2.45) is 0 Å². The van der Waals surface area contributed by atoms with E-state index >= 15 is 0 Å². The van der Waals surface area contributed by atoms with Crippen LogP contribution >= 0.6 is 0 Å². The minimum Gasteiger partial charge on any atom is -0.467 e. The Kier molecular flexibility index (Phi) is 1.63. The van der Waals surface area contributed by atoms with Gasteiger partial charge in [-0.05, 0) is 24.5 Å². The standard InChI is InChI=1S/C13H15NO3/c1-16-11(15)13-6-9-4-2-3-5-12(9)7-10(8-13)17-14(12)13/h2,4,6,10H,3,5,7-8H2,1H3/t10?,12-,13?/m0/s1. The molecule has 0 aromatic heterocycles. The van der Waals surface area contributed by atoms with E-state index < -0.39 is 5.54 Å². The molecule has 90 valence electrons. The third-order valence-corrected chi connectivity index (χ3v) is 4.60. The molecular weight excluding hydrogens is 218 g/mol. The van der Waals surface area contributed by atoms with Gasteiger partial charge in [-0.2, -0.15) is 5.06 Å². The third-order valence-electron chi connectivity index (χ3n) is 4.60. The van der Waals surface area contributed by atoms with Crippen LogP contribution in [0.2, 0.25) is 0 Å². The molecule has 4 nitrogen and oxygen atoms in total. The molecule has 3 heterocycles. The molecule has 2 saturated heterocycles. The molecule has 0 aromatic carbocycles. The van der Waals surface area contributed by atoms with Gasteiger partial charge < -0.3 is 4.74 Å². The van der Waals surface area contributed by atoms with E-state index in [2.05, 4.69) is 18.2 Å². The van der Waals surface area contributed by atoms with Gasteiger partial charge in [0.2, 0.25) is 0 Å². The number of allylic oxidation sites excluding steroid dienone is 1. The van der Waals surface area contributed by atoms with Crippen LogP contribution in [0, 0.1) is 0 Å². The summed E-state index contributed by atoms with van der Waals surface area (Å²) in [7, 11) is 1.45. The molecule has 4 heteroatoms. The molecule has 0 radical (unpaired) electrons. The van der Waals surface area contributed by atoms with Crippen molar-refractivity contribution < 1.29 is 14.4 Å². The molecule has 0 aromatic rings. The van der Waals surface area contributed by atoms with Crippen molar-refractivity contribution in [2.45, 2.75) is 42.9 Å². The molecule has 17 heavy (non-hydrogen) atoms. The summed E-state index contributed by atoms with van der Waals surface area (Å²) in [4.78, 5) is 18.0. The fourth-order valence-electron chi connectivity index (χ4n) is 3.99. The highest BCUT2D eigenvalue weighted by Gasteiger charge is 2.70. The van der Waals surface area contributed by atoms with Crippen molar-refractivity contribution in [1.29, 1.82) is 0 Å². The topological polar surface area (TPSA) is 38.8 Å². The normalized spacial score (nSPS) is 45.9. The van der Waals surface area contributed by atoms with Crippen molar-refractivity contribution >= 4 is 5.97 Å². The molecule has 4 aliphatic rings. The number of piperidine rings is 1. The van der Waals surface area contributed by atoms with Gasteiger partial charge in [0.05, 0.1) is 18.8 Å². The highest BCUT2D eigenvalue weighted by Crippen LogP contribution is 2.60. The van der Waals surface area contributed by atoms with Gasteiger partial charge in [-0.25, -0.2) is 4.79 Å². The smallest absolute Gasteiger partial charge is 0.332 e. The van der Waals surface area contributed by atoms with Crippen molar-refractivity contribution in [3.8, 4) is 0 Å². The zero-order valence-electron chi connectivity index (χ0n) is 9.81. The number of hydrogen-bond acceptors (Lipinski definition) is 4. The molecule has 1 aliphatic carbocycles. The number of rotatable bonds is 1. The second-order valence-electron chi connectivity index (χ2n) is 5.42. The van der Waals surface area contributed by atoms with Crippen LogP contribution < -0.4 is 0 Å². The first-order valence-electron chi connectivity index (χ1n) is 6.17. The lowest BCUT2D eigenvalue weighted by Gasteiger charge is -2.40. The van der Waals surface area contributed by atoms with Crippen molar-refractivity contribution in [3.63, 3.8) is 0 Å². The Bertz CT molecular complexity index is 469. The second-order valence-corrected chi connectivity index (χ2v) is 5.42. The lowest BCUT2D eigenvalue weighted by atomic mass is 9.77. The maximum Gasteiger partial charge on any atom is 0.332 e. The number of hydroxylamine groups is 2. The first-order chi connectivity index (χ1) is 8.21. The Balaban J connectivity index is 1.89. The molecule has 2 unspecified atom stereocenters. The van der Waals surface area contributed by atoms with Crippen LogP contribution in [0.25, 0.3) is 0 Å². The van der Waals surface area contributed by atoms with Gasteiger partial charge in [0.15, 0.2) is 5.54 Å². The fraction of sp³-hybridized carbons (Fsp3) is 0.615. The SMILES string of the molecule is COC(=O)C12C=C3C=CCC[C@]34CC(C1)ON24. The highest BCUT2D eigenvalue weighted by molar-refractivity contribution is 5.86. The van der Waals surface area contributed by atoms with Gasteiger partial charge in [0.25, 0.3) is 0 Å². The lowest BCUT2D eigenvalue weighted by Crippen LogP contribution is -2.56. The molecule has 0 N–H and O–H groups in total. The zero-order valence-corrected chi connectivity index (χ0v) is 9.81. The van der Waals surface area contributed by atoms with Gasteiger partial charge in [-0.1, -0.05) is 12.2 Å². The summed E-state index contributed by atoms with van der Waals surface area (Å²) in [5.41, 5.74) is 0.544. The first-order valence-corrected chi connectivity index (χ1v) is 6.17. The fourth-order valence-corrected chi connectivity index (χ4v) is 3.99. The summed E-state index contributed by atoms with van der Waals surface area (Å²) in [6.45, 7) is 0. The van der Waals surface area contributed by atoms with E-state index in [4.69, 9.17) is 9.57 Å². The lowest BCUT2D eigenvalue weighted by molar-refractivity contribution is -0.189. The van der Waals surface area contributed by atoms with Crippen LogP contribution in [0.1, 0.15) is 25.7 Å². The number of fused-ring (bicyclic) bond motifs is 1. The summed E-state index contributed by atoms with van der Waals surface area (Å²) >= 11 is 0. The van der Waals surface area contributed by atoms with E-state index in [0.717, 1.165) is 25.7 Å². The number of methoxy groups -OCH3 is 1. The molecule has 2 bridgehead atoms. The number of hydrogen-bond donors (Lipinski definition) is 0. The van der Waals surface area contributed by atoms with Crippen molar-refractivity contribution in [2.75, 3.05) is 7.11 Å². The largest absolute Gasteiger partial charge is 0.467 e. The number of esters is 1. The van der Waals surface area contributed by atoms with E-state index in [1.54, 1.807) is 0 Å². The van der Waals surface area contributed by atoms with Crippen LogP contribution in [0.4, 0.5) is 0 Å². The van der Waals surface area contributed by atoms with Gasteiger partial charge in [0, 0.05) is 12.8 Å². The Labute approximate surface area is 99.8 Å². The van der Waals surface area contributed by atoms with E-state index in [1.807, 2.05) is 5.06 Å². The van der Waals surface area contributed by atoms with E-state index in [-0.39, 0.29) is 17.6 Å². The molecule has 0 amide bonds. The third kappa shape index (κ3) is 0.915. The average Bonchev–Trinajstić information content (AvgIpc) is 2.89. The molecule has 2 fully saturated rings. The molecule has 0 saturated carbocycles. The van der Waals surface area contributed by atoms with Crippen LogP contribution in [-0.4, -0.2) is 35.3 Å². The monoisotopic (exact) mass is 233 g/mol. The van der Waals surface area contributed by atoms with Crippen molar-refractivity contribution in [1.82, 2.24) is 5.06 Å². The quantitative estimate of drug-likeness (QED) is 0.641. The Hall–Kier alpha value is -1.13. The van der Waals surface area contributed by atoms with Crippen LogP contribution in [-0.2, 0) is 14.4 Å². The number of carbonyl (C=O) groups excluding carboxylic acids is 1. The highest BCUT2D eigenvalue weighted by atomic mass is 16.7. The minimum absolute atomic E-state index is 0.0497. The minimum atomic E-state index is -0.651. The molecule has 3 atom stereocenters. The summed E-state index contributed by atoms with van der Waals surface area (Å²) in [5.74, 6) is -0.186. The summed E-state index contributed by atoms with van der Waals surface area (Å²) in [5, 5.41) is 1.94. The molecule has 4 rings (SSSR count). The molecular formula is C13H15NO3. The maximum absolute atomic E-state index is 12.1. The van der Waals surface area contributed by atoms with Gasteiger partial charge in [-0.15, -0.1) is 0 Å². The maximum atomic E-state index is 12.1. The number of carbonyl (C=O) groups is 1. The second kappa shape index (κ2) is 2.82. The first kappa shape index (κ1) is 9.85. The van der Waals surface area contributed by atoms with Gasteiger partial charge >= 0.3 is 5.97 Å². The molecule has 1 spiro atoms. The van der Waals surface area contributed by atoms with Crippen LogP contribution in [0.5, 0.6) is 0 Å². The van der Waals surface area contributed by atoms with E-state index in [1.165, 1.54) is 12.7 Å². The molecule has 3 aliphatic heterocycles. The summed E-state index contributed by atoms with van der Waals surface area (Å²) in [6, 6.07) is 0. The Morgan fingerprint density at radius 2 is 2.47 bits per heavy atom. The summed E-state index contributed by atoms with van der Waals surface area (Å²) < 4.78 is 4.98. The Morgan fingerprint density at radius 1 is 1.59 bits per heavy atom. The van der Waals surface area contributed by atoms with Gasteiger partial charge in [-0.3, -0.25) is 4.84 Å².